The maximum atomic E-state index is 12.7. The van der Waals surface area contributed by atoms with Crippen molar-refractivity contribution in [3.05, 3.63) is 34.3 Å². The zero-order valence-corrected chi connectivity index (χ0v) is 14.5. The van der Waals surface area contributed by atoms with Crippen LogP contribution < -0.4 is 0 Å². The maximum Gasteiger partial charge on any atom is 0.308 e. The van der Waals surface area contributed by atoms with Crippen molar-refractivity contribution >= 4 is 27.8 Å². The number of hydrogen-bond acceptors (Lipinski definition) is 2. The monoisotopic (exact) mass is 367 g/mol. The van der Waals surface area contributed by atoms with Crippen molar-refractivity contribution in [2.75, 3.05) is 13.1 Å². The Morgan fingerprint density at radius 3 is 2.68 bits per heavy atom. The fourth-order valence-electron chi connectivity index (χ4n) is 3.08. The molecule has 5 heteroatoms. The van der Waals surface area contributed by atoms with Gasteiger partial charge in [-0.15, -0.1) is 0 Å². The lowest BCUT2D eigenvalue weighted by molar-refractivity contribution is -0.142. The molecule has 1 aromatic rings. The van der Waals surface area contributed by atoms with Gasteiger partial charge in [0.25, 0.3) is 0 Å². The molecule has 1 N–H and O–H groups in total. The first-order valence-corrected chi connectivity index (χ1v) is 8.47. The van der Waals surface area contributed by atoms with E-state index in [1.165, 1.54) is 0 Å². The van der Waals surface area contributed by atoms with Crippen LogP contribution in [0.1, 0.15) is 25.8 Å². The molecule has 1 aliphatic rings. The number of amides is 1. The van der Waals surface area contributed by atoms with Crippen LogP contribution in [-0.2, 0) is 16.0 Å². The topological polar surface area (TPSA) is 57.6 Å². The molecule has 1 aliphatic heterocycles. The van der Waals surface area contributed by atoms with Gasteiger partial charge in [0.1, 0.15) is 0 Å². The summed E-state index contributed by atoms with van der Waals surface area (Å²) in [5.41, 5.74) is 1.12. The Balaban J connectivity index is 2.05. The summed E-state index contributed by atoms with van der Waals surface area (Å²) in [5.74, 6) is -1.23. The SMILES string of the molecule is CCC(Cc1cccc(Br)c1)C(=O)N1C[C@@H](C)[C@H](C(=O)O)C1. The molecule has 1 saturated heterocycles. The first-order valence-electron chi connectivity index (χ1n) is 7.68. The molecule has 120 valence electrons. The van der Waals surface area contributed by atoms with Crippen LogP contribution in [0.2, 0.25) is 0 Å². The highest BCUT2D eigenvalue weighted by Gasteiger charge is 2.38. The molecular weight excluding hydrogens is 346 g/mol. The second-order valence-electron chi connectivity index (χ2n) is 6.10. The minimum Gasteiger partial charge on any atom is -0.481 e. The summed E-state index contributed by atoms with van der Waals surface area (Å²) in [6.07, 6.45) is 1.45. The van der Waals surface area contributed by atoms with E-state index in [0.29, 0.717) is 19.5 Å². The lowest BCUT2D eigenvalue weighted by atomic mass is 9.95. The van der Waals surface area contributed by atoms with Crippen LogP contribution in [0.15, 0.2) is 28.7 Å². The number of benzene rings is 1. The molecule has 0 bridgehead atoms. The molecule has 0 saturated carbocycles. The zero-order chi connectivity index (χ0) is 16.3. The highest BCUT2D eigenvalue weighted by Crippen LogP contribution is 2.26. The molecule has 1 aromatic carbocycles. The van der Waals surface area contributed by atoms with E-state index in [1.807, 2.05) is 38.1 Å². The molecule has 0 spiro atoms. The zero-order valence-electron chi connectivity index (χ0n) is 13.0. The highest BCUT2D eigenvalue weighted by molar-refractivity contribution is 9.10. The van der Waals surface area contributed by atoms with Gasteiger partial charge < -0.3 is 10.0 Å². The van der Waals surface area contributed by atoms with Crippen LogP contribution in [0.25, 0.3) is 0 Å². The van der Waals surface area contributed by atoms with Crippen LogP contribution >= 0.6 is 15.9 Å². The minimum atomic E-state index is -0.803. The van der Waals surface area contributed by atoms with Gasteiger partial charge in [0.05, 0.1) is 5.92 Å². The normalized spacial score (nSPS) is 22.6. The Bertz CT molecular complexity index is 561. The predicted octanol–water partition coefficient (Wildman–Crippen LogP) is 3.20. The number of carboxylic acids is 1. The molecular formula is C17H22BrNO3. The van der Waals surface area contributed by atoms with Gasteiger partial charge in [0, 0.05) is 23.5 Å². The standard InChI is InChI=1S/C17H22BrNO3/c1-3-13(7-12-5-4-6-14(18)8-12)16(20)19-9-11(2)15(10-19)17(21)22/h4-6,8,11,13,15H,3,7,9-10H2,1-2H3,(H,21,22)/t11-,13?,15-/m1/s1. The minimum absolute atomic E-state index is 0.0184. The first-order chi connectivity index (χ1) is 10.4. The molecule has 2 rings (SSSR count). The number of hydrogen-bond donors (Lipinski definition) is 1. The van der Waals surface area contributed by atoms with E-state index in [4.69, 9.17) is 0 Å². The van der Waals surface area contributed by atoms with Crippen molar-refractivity contribution in [2.45, 2.75) is 26.7 Å². The Morgan fingerprint density at radius 2 is 2.14 bits per heavy atom. The van der Waals surface area contributed by atoms with Crippen molar-refractivity contribution in [1.82, 2.24) is 4.90 Å². The van der Waals surface area contributed by atoms with Crippen molar-refractivity contribution in [3.63, 3.8) is 0 Å². The largest absolute Gasteiger partial charge is 0.481 e. The van der Waals surface area contributed by atoms with Crippen LogP contribution in [0, 0.1) is 17.8 Å². The lowest BCUT2D eigenvalue weighted by Gasteiger charge is -2.22. The molecule has 3 atom stereocenters. The Morgan fingerprint density at radius 1 is 1.41 bits per heavy atom. The maximum absolute atomic E-state index is 12.7. The van der Waals surface area contributed by atoms with Crippen molar-refractivity contribution in [3.8, 4) is 0 Å². The average Bonchev–Trinajstić information content (AvgIpc) is 2.86. The third-order valence-corrected chi connectivity index (χ3v) is 4.95. The number of likely N-dealkylation sites (tertiary alicyclic amines) is 1. The third kappa shape index (κ3) is 3.88. The summed E-state index contributed by atoms with van der Waals surface area (Å²) < 4.78 is 1.01. The van der Waals surface area contributed by atoms with E-state index in [1.54, 1.807) is 4.90 Å². The highest BCUT2D eigenvalue weighted by atomic mass is 79.9. The molecule has 0 radical (unpaired) electrons. The average molecular weight is 368 g/mol. The smallest absolute Gasteiger partial charge is 0.308 e. The fourth-order valence-corrected chi connectivity index (χ4v) is 3.53. The lowest BCUT2D eigenvalue weighted by Crippen LogP contribution is -2.36. The van der Waals surface area contributed by atoms with E-state index in [9.17, 15) is 14.7 Å². The van der Waals surface area contributed by atoms with Crippen molar-refractivity contribution < 1.29 is 14.7 Å². The van der Waals surface area contributed by atoms with Crippen molar-refractivity contribution in [2.24, 2.45) is 17.8 Å². The Labute approximate surface area is 139 Å². The molecule has 1 amide bonds. The van der Waals surface area contributed by atoms with Gasteiger partial charge in [0.15, 0.2) is 0 Å². The Hall–Kier alpha value is -1.36. The van der Waals surface area contributed by atoms with E-state index < -0.39 is 11.9 Å². The van der Waals surface area contributed by atoms with Gasteiger partial charge in [-0.2, -0.15) is 0 Å². The van der Waals surface area contributed by atoms with Gasteiger partial charge in [-0.05, 0) is 36.5 Å². The summed E-state index contributed by atoms with van der Waals surface area (Å²) >= 11 is 3.45. The van der Waals surface area contributed by atoms with Gasteiger partial charge in [0.2, 0.25) is 5.91 Å². The van der Waals surface area contributed by atoms with Gasteiger partial charge in [-0.25, -0.2) is 0 Å². The van der Waals surface area contributed by atoms with E-state index >= 15 is 0 Å². The molecule has 0 aliphatic carbocycles. The van der Waals surface area contributed by atoms with Crippen LogP contribution in [-0.4, -0.2) is 35.0 Å². The molecule has 22 heavy (non-hydrogen) atoms. The summed E-state index contributed by atoms with van der Waals surface area (Å²) in [7, 11) is 0. The second-order valence-corrected chi connectivity index (χ2v) is 7.02. The summed E-state index contributed by atoms with van der Waals surface area (Å²) in [6, 6.07) is 7.98. The summed E-state index contributed by atoms with van der Waals surface area (Å²) in [4.78, 5) is 25.6. The Kier molecular flexibility index (Phi) is 5.62. The number of carboxylic acid groups (broad SMARTS) is 1. The quantitative estimate of drug-likeness (QED) is 0.869. The molecule has 4 nitrogen and oxygen atoms in total. The number of carbonyl (C=O) groups excluding carboxylic acids is 1. The molecule has 1 fully saturated rings. The summed E-state index contributed by atoms with van der Waals surface area (Å²) in [5, 5.41) is 9.20. The molecule has 1 heterocycles. The number of carbonyl (C=O) groups is 2. The molecule has 0 aromatic heterocycles. The third-order valence-electron chi connectivity index (χ3n) is 4.45. The van der Waals surface area contributed by atoms with E-state index in [2.05, 4.69) is 15.9 Å². The van der Waals surface area contributed by atoms with Crippen LogP contribution in [0.4, 0.5) is 0 Å². The van der Waals surface area contributed by atoms with Gasteiger partial charge in [-0.3, -0.25) is 9.59 Å². The van der Waals surface area contributed by atoms with E-state index in [-0.39, 0.29) is 17.7 Å². The van der Waals surface area contributed by atoms with Gasteiger partial charge >= 0.3 is 5.97 Å². The van der Waals surface area contributed by atoms with E-state index in [0.717, 1.165) is 16.5 Å². The first kappa shape index (κ1) is 17.0. The number of halogens is 1. The van der Waals surface area contributed by atoms with Crippen molar-refractivity contribution in [1.29, 1.82) is 0 Å². The molecule has 1 unspecified atom stereocenters. The fraction of sp³-hybridized carbons (Fsp3) is 0.529. The van der Waals surface area contributed by atoms with Gasteiger partial charge in [-0.1, -0.05) is 41.9 Å². The van der Waals surface area contributed by atoms with Crippen LogP contribution in [0.5, 0.6) is 0 Å². The number of aliphatic carboxylic acids is 1. The van der Waals surface area contributed by atoms with Crippen LogP contribution in [0.3, 0.4) is 0 Å². The summed E-state index contributed by atoms with van der Waals surface area (Å²) in [6.45, 7) is 4.80. The predicted molar refractivity (Wildman–Crippen MR) is 88.5 cm³/mol. The number of rotatable bonds is 5. The second kappa shape index (κ2) is 7.27. The number of nitrogens with zero attached hydrogens (tertiary/aromatic N) is 1.